The topological polar surface area (TPSA) is 35.2 Å². The lowest BCUT2D eigenvalue weighted by Gasteiger charge is -2.44. The molecule has 1 aliphatic carbocycles. The number of rotatable bonds is 5. The van der Waals surface area contributed by atoms with Gasteiger partial charge in [0.2, 0.25) is 0 Å². The summed E-state index contributed by atoms with van der Waals surface area (Å²) in [6, 6.07) is 4.28. The van der Waals surface area contributed by atoms with Crippen LogP contribution in [0.15, 0.2) is 18.2 Å². The lowest BCUT2D eigenvalue weighted by Crippen LogP contribution is -2.53. The first kappa shape index (κ1) is 16.7. The van der Waals surface area contributed by atoms with Crippen molar-refractivity contribution in [3.05, 3.63) is 34.6 Å². The van der Waals surface area contributed by atoms with Crippen molar-refractivity contribution in [1.29, 1.82) is 0 Å². The zero-order valence-corrected chi connectivity index (χ0v) is 13.6. The fourth-order valence-electron chi connectivity index (χ4n) is 3.53. The van der Waals surface area contributed by atoms with Gasteiger partial charge in [-0.3, -0.25) is 0 Å². The third kappa shape index (κ3) is 3.97. The van der Waals surface area contributed by atoms with Crippen LogP contribution < -0.4 is 5.73 Å². The molecule has 1 saturated carbocycles. The van der Waals surface area contributed by atoms with E-state index in [0.29, 0.717) is 24.0 Å². The van der Waals surface area contributed by atoms with Crippen molar-refractivity contribution in [2.24, 2.45) is 11.7 Å². The molecule has 0 amide bonds. The van der Waals surface area contributed by atoms with E-state index in [2.05, 4.69) is 6.92 Å². The Balaban J connectivity index is 2.18. The van der Waals surface area contributed by atoms with Gasteiger partial charge in [-0.05, 0) is 55.9 Å². The Morgan fingerprint density at radius 2 is 2.29 bits per heavy atom. The van der Waals surface area contributed by atoms with Crippen molar-refractivity contribution in [3.8, 4) is 0 Å². The van der Waals surface area contributed by atoms with Gasteiger partial charge in [-0.25, -0.2) is 4.39 Å². The largest absolute Gasteiger partial charge is 0.374 e. The van der Waals surface area contributed by atoms with Crippen LogP contribution in [0.4, 0.5) is 4.39 Å². The van der Waals surface area contributed by atoms with E-state index in [1.165, 1.54) is 18.6 Å². The number of halogens is 2. The highest BCUT2D eigenvalue weighted by Gasteiger charge is 2.41. The molecule has 1 aromatic rings. The summed E-state index contributed by atoms with van der Waals surface area (Å²) in [7, 11) is 0. The van der Waals surface area contributed by atoms with Crippen LogP contribution in [0.2, 0.25) is 5.02 Å². The van der Waals surface area contributed by atoms with E-state index in [9.17, 15) is 4.39 Å². The normalized spacial score (nSPS) is 27.6. The van der Waals surface area contributed by atoms with Gasteiger partial charge in [-0.1, -0.05) is 31.4 Å². The quantitative estimate of drug-likeness (QED) is 0.878. The minimum Gasteiger partial charge on any atom is -0.374 e. The molecular weight excluding hydrogens is 289 g/mol. The molecule has 2 rings (SSSR count). The monoisotopic (exact) mass is 313 g/mol. The summed E-state index contributed by atoms with van der Waals surface area (Å²) in [5, 5.41) is 0.572. The van der Waals surface area contributed by atoms with Gasteiger partial charge < -0.3 is 10.5 Å². The molecule has 4 heteroatoms. The van der Waals surface area contributed by atoms with E-state index < -0.39 is 0 Å². The summed E-state index contributed by atoms with van der Waals surface area (Å²) in [6.45, 7) is 4.90. The van der Waals surface area contributed by atoms with Crippen LogP contribution >= 0.6 is 11.6 Å². The van der Waals surface area contributed by atoms with Crippen LogP contribution in [0.1, 0.15) is 45.1 Å². The predicted octanol–water partition coefficient (Wildman–Crippen LogP) is 4.33. The van der Waals surface area contributed by atoms with Gasteiger partial charge in [0.05, 0.1) is 5.60 Å². The smallest absolute Gasteiger partial charge is 0.123 e. The van der Waals surface area contributed by atoms with Gasteiger partial charge in [0, 0.05) is 17.7 Å². The highest BCUT2D eigenvalue weighted by Crippen LogP contribution is 2.38. The summed E-state index contributed by atoms with van der Waals surface area (Å²) in [5.41, 5.74) is 6.94. The Labute approximate surface area is 131 Å². The summed E-state index contributed by atoms with van der Waals surface area (Å²) in [5.74, 6) is 0.336. The Morgan fingerprint density at radius 3 is 2.95 bits per heavy atom. The van der Waals surface area contributed by atoms with E-state index in [4.69, 9.17) is 22.1 Å². The lowest BCUT2D eigenvalue weighted by molar-refractivity contribution is -0.0925. The molecule has 21 heavy (non-hydrogen) atoms. The Hall–Kier alpha value is -0.640. The third-order valence-electron chi connectivity index (χ3n) is 4.55. The Kier molecular flexibility index (Phi) is 5.64. The number of ether oxygens (including phenoxy) is 1. The second-order valence-electron chi connectivity index (χ2n) is 6.25. The van der Waals surface area contributed by atoms with E-state index in [0.717, 1.165) is 24.8 Å². The molecule has 0 radical (unpaired) electrons. The van der Waals surface area contributed by atoms with Crippen molar-refractivity contribution in [1.82, 2.24) is 0 Å². The van der Waals surface area contributed by atoms with Crippen molar-refractivity contribution < 1.29 is 9.13 Å². The third-order valence-corrected chi connectivity index (χ3v) is 4.91. The second kappa shape index (κ2) is 7.08. The van der Waals surface area contributed by atoms with Crippen LogP contribution in [0.25, 0.3) is 0 Å². The molecule has 0 saturated heterocycles. The first-order valence-corrected chi connectivity index (χ1v) is 8.18. The summed E-state index contributed by atoms with van der Waals surface area (Å²) in [6.07, 6.45) is 4.84. The summed E-state index contributed by atoms with van der Waals surface area (Å²) < 4.78 is 19.5. The molecule has 118 valence electrons. The fourth-order valence-corrected chi connectivity index (χ4v) is 3.72. The summed E-state index contributed by atoms with van der Waals surface area (Å²) in [4.78, 5) is 0. The maximum absolute atomic E-state index is 13.4. The molecule has 0 aliphatic heterocycles. The molecule has 0 bridgehead atoms. The zero-order valence-electron chi connectivity index (χ0n) is 12.9. The molecule has 3 atom stereocenters. The highest BCUT2D eigenvalue weighted by molar-refractivity contribution is 6.31. The Morgan fingerprint density at radius 1 is 1.52 bits per heavy atom. The molecule has 1 aromatic carbocycles. The average molecular weight is 314 g/mol. The first-order chi connectivity index (χ1) is 9.97. The molecule has 1 fully saturated rings. The summed E-state index contributed by atoms with van der Waals surface area (Å²) >= 11 is 6.17. The van der Waals surface area contributed by atoms with Crippen molar-refractivity contribution in [2.45, 2.75) is 57.6 Å². The van der Waals surface area contributed by atoms with Crippen LogP contribution in [0.5, 0.6) is 0 Å². The second-order valence-corrected chi connectivity index (χ2v) is 6.65. The zero-order chi connectivity index (χ0) is 15.5. The lowest BCUT2D eigenvalue weighted by atomic mass is 9.73. The molecule has 3 unspecified atom stereocenters. The average Bonchev–Trinajstić information content (AvgIpc) is 2.43. The van der Waals surface area contributed by atoms with Crippen LogP contribution in [0.3, 0.4) is 0 Å². The van der Waals surface area contributed by atoms with Crippen LogP contribution in [-0.2, 0) is 11.2 Å². The molecular formula is C17H25ClFNO. The van der Waals surface area contributed by atoms with Crippen LogP contribution in [-0.4, -0.2) is 18.2 Å². The van der Waals surface area contributed by atoms with Crippen molar-refractivity contribution in [2.75, 3.05) is 6.61 Å². The molecule has 0 aromatic heterocycles. The van der Waals surface area contributed by atoms with Gasteiger partial charge in [-0.15, -0.1) is 0 Å². The molecule has 2 nitrogen and oxygen atoms in total. The predicted molar refractivity (Wildman–Crippen MR) is 85.1 cm³/mol. The maximum Gasteiger partial charge on any atom is 0.123 e. The van der Waals surface area contributed by atoms with Crippen LogP contribution in [0, 0.1) is 11.7 Å². The maximum atomic E-state index is 13.4. The van der Waals surface area contributed by atoms with E-state index in [1.54, 1.807) is 6.07 Å². The highest BCUT2D eigenvalue weighted by atomic mass is 35.5. The van der Waals surface area contributed by atoms with Gasteiger partial charge in [-0.2, -0.15) is 0 Å². The molecule has 0 heterocycles. The number of benzene rings is 1. The standard InChI is InChI=1S/C17H25ClFNO/c1-3-21-17(8-4-5-12(2)11-17)16(20)10-13-9-14(19)6-7-15(13)18/h6-7,9,12,16H,3-5,8,10-11,20H2,1-2H3. The van der Waals surface area contributed by atoms with Gasteiger partial charge in [0.1, 0.15) is 5.82 Å². The van der Waals surface area contributed by atoms with Gasteiger partial charge >= 0.3 is 0 Å². The molecule has 2 N–H and O–H groups in total. The molecule has 1 aliphatic rings. The SMILES string of the molecule is CCOC1(C(N)Cc2cc(F)ccc2Cl)CCCC(C)C1. The van der Waals surface area contributed by atoms with E-state index in [-0.39, 0.29) is 17.5 Å². The van der Waals surface area contributed by atoms with Gasteiger partial charge in [0.15, 0.2) is 0 Å². The minimum atomic E-state index is -0.304. The number of hydrogen-bond acceptors (Lipinski definition) is 2. The molecule has 0 spiro atoms. The van der Waals surface area contributed by atoms with Gasteiger partial charge in [0.25, 0.3) is 0 Å². The van der Waals surface area contributed by atoms with E-state index >= 15 is 0 Å². The fraction of sp³-hybridized carbons (Fsp3) is 0.647. The van der Waals surface area contributed by atoms with Crippen molar-refractivity contribution in [3.63, 3.8) is 0 Å². The minimum absolute atomic E-state index is 0.167. The first-order valence-electron chi connectivity index (χ1n) is 7.80. The van der Waals surface area contributed by atoms with Crippen molar-refractivity contribution >= 4 is 11.6 Å². The number of nitrogens with two attached hydrogens (primary N) is 1. The van der Waals surface area contributed by atoms with E-state index in [1.807, 2.05) is 6.92 Å². The number of hydrogen-bond donors (Lipinski definition) is 1. The Bertz CT molecular complexity index is 478.